The van der Waals surface area contributed by atoms with Crippen molar-refractivity contribution in [3.8, 4) is 11.3 Å². The fourth-order valence-electron chi connectivity index (χ4n) is 2.02. The summed E-state index contributed by atoms with van der Waals surface area (Å²) < 4.78 is 2.57. The third kappa shape index (κ3) is 4.42. The number of amides is 1. The van der Waals surface area contributed by atoms with E-state index in [0.717, 1.165) is 15.7 Å². The van der Waals surface area contributed by atoms with Crippen molar-refractivity contribution in [2.75, 3.05) is 5.32 Å². The molecule has 1 amide bonds. The van der Waals surface area contributed by atoms with Gasteiger partial charge in [-0.3, -0.25) is 9.48 Å². The fourth-order valence-corrected chi connectivity index (χ4v) is 2.62. The molecule has 1 aromatic heterocycles. The second kappa shape index (κ2) is 7.22. The number of nitrogens with one attached hydrogen (secondary N) is 1. The Balaban J connectivity index is 2.04. The predicted octanol–water partition coefficient (Wildman–Crippen LogP) is 1.71. The van der Waals surface area contributed by atoms with Crippen LogP contribution in [0, 0.1) is 0 Å². The molecule has 0 saturated heterocycles. The topological polar surface area (TPSA) is 87.0 Å². The highest BCUT2D eigenvalue weighted by atomic mass is 79.9. The van der Waals surface area contributed by atoms with E-state index >= 15 is 0 Å². The smallest absolute Gasteiger partial charge is 0.224 e. The average molecular weight is 365 g/mol. The minimum absolute atomic E-state index is 0.117. The lowest BCUT2D eigenvalue weighted by molar-refractivity contribution is -0.305. The van der Waals surface area contributed by atoms with Crippen LogP contribution in [-0.2, 0) is 16.6 Å². The number of aliphatic carboxylic acids is 1. The zero-order valence-corrected chi connectivity index (χ0v) is 13.6. The van der Waals surface area contributed by atoms with E-state index < -0.39 is 5.97 Å². The Bertz CT molecular complexity index is 697. The molecule has 0 spiro atoms. The summed E-state index contributed by atoms with van der Waals surface area (Å²) >= 11 is 3.44. The molecule has 0 aliphatic carbocycles. The molecule has 22 heavy (non-hydrogen) atoms. The van der Waals surface area contributed by atoms with Gasteiger partial charge < -0.3 is 15.2 Å². The highest BCUT2D eigenvalue weighted by Crippen LogP contribution is 2.28. The first-order valence-corrected chi connectivity index (χ1v) is 7.54. The van der Waals surface area contributed by atoms with Gasteiger partial charge in [-0.25, -0.2) is 0 Å². The lowest BCUT2D eigenvalue weighted by Gasteiger charge is -2.07. The molecule has 1 N–H and O–H groups in total. The maximum atomic E-state index is 11.8. The van der Waals surface area contributed by atoms with E-state index in [1.54, 1.807) is 10.7 Å². The molecule has 1 heterocycles. The number of carboxylic acids is 1. The highest BCUT2D eigenvalue weighted by Gasteiger charge is 2.09. The van der Waals surface area contributed by atoms with Gasteiger partial charge in [0.15, 0.2) is 0 Å². The molecule has 0 aliphatic rings. The Morgan fingerprint density at radius 1 is 1.36 bits per heavy atom. The zero-order chi connectivity index (χ0) is 16.1. The quantitative estimate of drug-likeness (QED) is 0.844. The van der Waals surface area contributed by atoms with Gasteiger partial charge in [0.1, 0.15) is 5.69 Å². The monoisotopic (exact) mass is 364 g/mol. The number of nitrogens with zero attached hydrogens (tertiary/aromatic N) is 2. The van der Waals surface area contributed by atoms with E-state index in [9.17, 15) is 14.7 Å². The number of carbonyl (C=O) groups excluding carboxylic acids is 2. The number of aromatic nitrogens is 2. The van der Waals surface area contributed by atoms with Crippen LogP contribution < -0.4 is 10.4 Å². The van der Waals surface area contributed by atoms with E-state index in [1.807, 2.05) is 31.4 Å². The number of aryl methyl sites for hydroxylation is 1. The van der Waals surface area contributed by atoms with E-state index in [0.29, 0.717) is 5.69 Å². The first kappa shape index (κ1) is 16.2. The van der Waals surface area contributed by atoms with E-state index in [1.165, 1.54) is 0 Å². The van der Waals surface area contributed by atoms with Crippen molar-refractivity contribution in [2.24, 2.45) is 7.05 Å². The van der Waals surface area contributed by atoms with Gasteiger partial charge in [-0.15, -0.1) is 0 Å². The number of hydrogen-bond donors (Lipinski definition) is 1. The van der Waals surface area contributed by atoms with Crippen molar-refractivity contribution >= 4 is 33.5 Å². The Morgan fingerprint density at radius 3 is 2.77 bits per heavy atom. The minimum Gasteiger partial charge on any atom is -0.550 e. The van der Waals surface area contributed by atoms with E-state index in [-0.39, 0.29) is 25.2 Å². The van der Waals surface area contributed by atoms with Gasteiger partial charge in [-0.05, 0) is 40.9 Å². The molecule has 0 fully saturated rings. The number of halogens is 1. The van der Waals surface area contributed by atoms with Crippen molar-refractivity contribution < 1.29 is 14.7 Å². The minimum atomic E-state index is -1.14. The van der Waals surface area contributed by atoms with Crippen molar-refractivity contribution in [3.63, 3.8) is 0 Å². The molecule has 6 nitrogen and oxygen atoms in total. The third-order valence-corrected chi connectivity index (χ3v) is 3.57. The van der Waals surface area contributed by atoms with Crippen molar-refractivity contribution in [1.29, 1.82) is 0 Å². The molecule has 7 heteroatoms. The van der Waals surface area contributed by atoms with Crippen LogP contribution >= 0.6 is 15.9 Å². The second-order valence-electron chi connectivity index (χ2n) is 4.85. The van der Waals surface area contributed by atoms with Crippen LogP contribution in [0.15, 0.2) is 34.9 Å². The molecule has 0 bridgehead atoms. The van der Waals surface area contributed by atoms with Crippen LogP contribution in [0.5, 0.6) is 0 Å². The van der Waals surface area contributed by atoms with Gasteiger partial charge in [-0.1, -0.05) is 12.1 Å². The normalized spacial score (nSPS) is 10.5. The fraction of sp³-hybridized carbons (Fsp3) is 0.267. The summed E-state index contributed by atoms with van der Waals surface area (Å²) in [5.41, 5.74) is 2.31. The summed E-state index contributed by atoms with van der Waals surface area (Å²) in [6, 6.07) is 7.33. The van der Waals surface area contributed by atoms with Crippen LogP contribution in [0.4, 0.5) is 5.69 Å². The summed E-state index contributed by atoms with van der Waals surface area (Å²) in [5, 5.41) is 17.4. The van der Waals surface area contributed by atoms with Crippen LogP contribution in [0.25, 0.3) is 11.3 Å². The average Bonchev–Trinajstić information content (AvgIpc) is 2.77. The Morgan fingerprint density at radius 2 is 2.14 bits per heavy atom. The number of carboxylic acid groups (broad SMARTS) is 1. The molecule has 0 unspecified atom stereocenters. The number of rotatable bonds is 6. The highest BCUT2D eigenvalue weighted by molar-refractivity contribution is 9.10. The standard InChI is InChI=1S/C15H16BrN3O3/c1-19-9-12(16)15(18-19)10-4-2-5-11(8-10)17-13(20)6-3-7-14(21)22/h2,4-5,8-9H,3,6-7H2,1H3,(H,17,20)(H,21,22)/p-1. The van der Waals surface area contributed by atoms with E-state index in [2.05, 4.69) is 26.3 Å². The van der Waals surface area contributed by atoms with E-state index in [4.69, 9.17) is 0 Å². The van der Waals surface area contributed by atoms with Gasteiger partial charge >= 0.3 is 0 Å². The Kier molecular flexibility index (Phi) is 5.32. The Hall–Kier alpha value is -2.15. The summed E-state index contributed by atoms with van der Waals surface area (Å²) in [6.07, 6.45) is 2.14. The molecular formula is C15H15BrN3O3-. The van der Waals surface area contributed by atoms with Crippen molar-refractivity contribution in [1.82, 2.24) is 9.78 Å². The number of benzene rings is 1. The molecule has 0 aliphatic heterocycles. The largest absolute Gasteiger partial charge is 0.550 e. The van der Waals surface area contributed by atoms with Gasteiger partial charge in [0.25, 0.3) is 0 Å². The maximum absolute atomic E-state index is 11.8. The summed E-state index contributed by atoms with van der Waals surface area (Å²) in [4.78, 5) is 22.1. The summed E-state index contributed by atoms with van der Waals surface area (Å²) in [5.74, 6) is -1.37. The molecule has 116 valence electrons. The van der Waals surface area contributed by atoms with Crippen molar-refractivity contribution in [3.05, 3.63) is 34.9 Å². The van der Waals surface area contributed by atoms with Crippen LogP contribution in [0.2, 0.25) is 0 Å². The second-order valence-corrected chi connectivity index (χ2v) is 5.71. The molecule has 2 rings (SSSR count). The van der Waals surface area contributed by atoms with Gasteiger partial charge in [0.05, 0.1) is 4.47 Å². The molecule has 2 aromatic rings. The molecule has 0 atom stereocenters. The first-order chi connectivity index (χ1) is 10.5. The Labute approximate surface area is 136 Å². The van der Waals surface area contributed by atoms with Gasteiger partial charge in [0, 0.05) is 36.9 Å². The molecular weight excluding hydrogens is 350 g/mol. The first-order valence-electron chi connectivity index (χ1n) is 6.75. The summed E-state index contributed by atoms with van der Waals surface area (Å²) in [7, 11) is 1.83. The maximum Gasteiger partial charge on any atom is 0.224 e. The SMILES string of the molecule is Cn1cc(Br)c(-c2cccc(NC(=O)CCCC(=O)[O-])c2)n1. The van der Waals surface area contributed by atoms with Crippen molar-refractivity contribution in [2.45, 2.75) is 19.3 Å². The zero-order valence-electron chi connectivity index (χ0n) is 12.0. The third-order valence-electron chi connectivity index (χ3n) is 2.99. The number of carbonyl (C=O) groups is 2. The van der Waals surface area contributed by atoms with Crippen LogP contribution in [-0.4, -0.2) is 21.7 Å². The van der Waals surface area contributed by atoms with Crippen LogP contribution in [0.1, 0.15) is 19.3 Å². The van der Waals surface area contributed by atoms with Crippen LogP contribution in [0.3, 0.4) is 0 Å². The lowest BCUT2D eigenvalue weighted by atomic mass is 10.1. The molecule has 0 radical (unpaired) electrons. The molecule has 0 saturated carbocycles. The lowest BCUT2D eigenvalue weighted by Crippen LogP contribution is -2.22. The molecule has 1 aromatic carbocycles. The van der Waals surface area contributed by atoms with Gasteiger partial charge in [0.2, 0.25) is 5.91 Å². The van der Waals surface area contributed by atoms with Gasteiger partial charge in [-0.2, -0.15) is 5.10 Å². The number of anilines is 1. The summed E-state index contributed by atoms with van der Waals surface area (Å²) in [6.45, 7) is 0. The predicted molar refractivity (Wildman–Crippen MR) is 83.8 cm³/mol. The number of hydrogen-bond acceptors (Lipinski definition) is 4.